The quantitative estimate of drug-likeness (QED) is 0.231. The topological polar surface area (TPSA) is 46.6 Å². The minimum atomic E-state index is -0.253. The van der Waals surface area contributed by atoms with Gasteiger partial charge in [0, 0.05) is 0 Å². The van der Waals surface area contributed by atoms with Crippen molar-refractivity contribution in [3.05, 3.63) is 77.8 Å². The summed E-state index contributed by atoms with van der Waals surface area (Å²) in [4.78, 5) is 27.2. The zero-order valence-electron chi connectivity index (χ0n) is 16.0. The van der Waals surface area contributed by atoms with E-state index in [0.29, 0.717) is 11.5 Å². The minimum absolute atomic E-state index is 0.241. The monoisotopic (exact) mass is 641 g/mol. The predicted molar refractivity (Wildman–Crippen MR) is 139 cm³/mol. The van der Waals surface area contributed by atoms with Crippen molar-refractivity contribution in [2.45, 2.75) is 13.5 Å². The minimum Gasteiger partial charge on any atom is -0.492 e. The summed E-state index contributed by atoms with van der Waals surface area (Å²) in [5, 5.41) is 1.99. The second-order valence-corrected chi connectivity index (χ2v) is 10.0. The molecular formula is C23H17I2NO3S. The molecule has 1 saturated heterocycles. The van der Waals surface area contributed by atoms with Gasteiger partial charge in [-0.15, -0.1) is 0 Å². The summed E-state index contributed by atoms with van der Waals surface area (Å²) in [6.07, 6.45) is 1.78. The molecule has 3 aromatic carbocycles. The van der Waals surface area contributed by atoms with E-state index in [4.69, 9.17) is 4.74 Å². The van der Waals surface area contributed by atoms with Crippen molar-refractivity contribution in [1.29, 1.82) is 0 Å². The lowest BCUT2D eigenvalue weighted by molar-refractivity contribution is -0.123. The van der Waals surface area contributed by atoms with Crippen LogP contribution in [0.1, 0.15) is 18.1 Å². The van der Waals surface area contributed by atoms with Crippen LogP contribution in [0.5, 0.6) is 5.75 Å². The van der Waals surface area contributed by atoms with Crippen LogP contribution >= 0.6 is 56.9 Å². The molecule has 1 aliphatic rings. The molecule has 0 spiro atoms. The number of carbonyl (C=O) groups excluding carboxylic acids is 2. The van der Waals surface area contributed by atoms with E-state index in [9.17, 15) is 9.59 Å². The Kier molecular flexibility index (Phi) is 6.69. The maximum absolute atomic E-state index is 12.9. The van der Waals surface area contributed by atoms with Crippen LogP contribution < -0.4 is 4.74 Å². The first-order valence-corrected chi connectivity index (χ1v) is 12.3. The van der Waals surface area contributed by atoms with Crippen molar-refractivity contribution in [1.82, 2.24) is 4.90 Å². The third kappa shape index (κ3) is 4.52. The highest BCUT2D eigenvalue weighted by molar-refractivity contribution is 14.1. The van der Waals surface area contributed by atoms with Gasteiger partial charge in [0.15, 0.2) is 0 Å². The number of amides is 2. The average Bonchev–Trinajstić information content (AvgIpc) is 2.98. The normalized spacial score (nSPS) is 15.4. The van der Waals surface area contributed by atoms with Gasteiger partial charge in [-0.1, -0.05) is 36.4 Å². The van der Waals surface area contributed by atoms with E-state index in [-0.39, 0.29) is 17.7 Å². The Morgan fingerprint density at radius 3 is 2.40 bits per heavy atom. The number of imide groups is 1. The number of hydrogen-bond donors (Lipinski definition) is 0. The number of nitrogens with zero attached hydrogens (tertiary/aromatic N) is 1. The lowest BCUT2D eigenvalue weighted by atomic mass is 10.1. The van der Waals surface area contributed by atoms with Gasteiger partial charge in [0.1, 0.15) is 5.75 Å². The van der Waals surface area contributed by atoms with Crippen LogP contribution in [0.4, 0.5) is 4.79 Å². The Labute approximate surface area is 206 Å². The summed E-state index contributed by atoms with van der Waals surface area (Å²) >= 11 is 5.45. The van der Waals surface area contributed by atoms with Gasteiger partial charge in [0.05, 0.1) is 25.2 Å². The summed E-state index contributed by atoms with van der Waals surface area (Å²) < 4.78 is 7.62. The van der Waals surface area contributed by atoms with E-state index in [1.54, 1.807) is 6.08 Å². The van der Waals surface area contributed by atoms with Gasteiger partial charge in [-0.3, -0.25) is 14.5 Å². The lowest BCUT2D eigenvalue weighted by Crippen LogP contribution is -2.27. The van der Waals surface area contributed by atoms with E-state index >= 15 is 0 Å². The van der Waals surface area contributed by atoms with Crippen LogP contribution in [0.3, 0.4) is 0 Å². The summed E-state index contributed by atoms with van der Waals surface area (Å²) in [6.45, 7) is 2.82. The largest absolute Gasteiger partial charge is 0.492 e. The summed E-state index contributed by atoms with van der Waals surface area (Å²) in [7, 11) is 0. The molecule has 1 heterocycles. The van der Waals surface area contributed by atoms with Gasteiger partial charge in [-0.05, 0) is 110 Å². The maximum Gasteiger partial charge on any atom is 0.293 e. The van der Waals surface area contributed by atoms with Crippen molar-refractivity contribution in [3.63, 3.8) is 0 Å². The van der Waals surface area contributed by atoms with Crippen molar-refractivity contribution in [2.24, 2.45) is 0 Å². The van der Waals surface area contributed by atoms with Crippen LogP contribution in [-0.4, -0.2) is 22.7 Å². The zero-order valence-corrected chi connectivity index (χ0v) is 21.2. The molecule has 0 saturated carbocycles. The number of carbonyl (C=O) groups is 2. The second kappa shape index (κ2) is 9.27. The summed E-state index contributed by atoms with van der Waals surface area (Å²) in [5.74, 6) is 0.595. The van der Waals surface area contributed by atoms with Crippen molar-refractivity contribution >= 4 is 84.9 Å². The molecule has 0 atom stereocenters. The molecule has 7 heteroatoms. The van der Waals surface area contributed by atoms with Crippen molar-refractivity contribution in [2.75, 3.05) is 6.61 Å². The third-order valence-corrected chi connectivity index (χ3v) is 7.15. The Morgan fingerprint density at radius 2 is 1.70 bits per heavy atom. The average molecular weight is 641 g/mol. The number of thioether (sulfide) groups is 1. The molecule has 0 aromatic heterocycles. The fourth-order valence-corrected chi connectivity index (χ4v) is 6.22. The molecule has 4 nitrogen and oxygen atoms in total. The molecule has 0 unspecified atom stereocenters. The van der Waals surface area contributed by atoms with Gasteiger partial charge >= 0.3 is 0 Å². The molecular weight excluding hydrogens is 624 g/mol. The van der Waals surface area contributed by atoms with Crippen LogP contribution in [0, 0.1) is 7.14 Å². The van der Waals surface area contributed by atoms with Gasteiger partial charge in [0.2, 0.25) is 0 Å². The van der Waals surface area contributed by atoms with Crippen molar-refractivity contribution < 1.29 is 14.3 Å². The molecule has 152 valence electrons. The molecule has 1 aliphatic heterocycles. The highest BCUT2D eigenvalue weighted by atomic mass is 127. The maximum atomic E-state index is 12.9. The zero-order chi connectivity index (χ0) is 21.3. The number of benzene rings is 3. The number of fused-ring (bicyclic) bond motifs is 1. The molecule has 0 bridgehead atoms. The molecule has 0 N–H and O–H groups in total. The third-order valence-electron chi connectivity index (χ3n) is 4.64. The van der Waals surface area contributed by atoms with Crippen LogP contribution in [0.2, 0.25) is 0 Å². The first-order chi connectivity index (χ1) is 14.5. The first-order valence-electron chi connectivity index (χ1n) is 9.31. The molecule has 0 radical (unpaired) electrons. The van der Waals surface area contributed by atoms with Crippen LogP contribution in [-0.2, 0) is 11.3 Å². The Balaban J connectivity index is 1.57. The molecule has 3 aromatic rings. The van der Waals surface area contributed by atoms with E-state index in [1.165, 1.54) is 4.90 Å². The molecule has 30 heavy (non-hydrogen) atoms. The van der Waals surface area contributed by atoms with E-state index in [0.717, 1.165) is 46.6 Å². The number of hydrogen-bond acceptors (Lipinski definition) is 4. The Hall–Kier alpha value is -1.59. The Morgan fingerprint density at radius 1 is 1.00 bits per heavy atom. The van der Waals surface area contributed by atoms with Gasteiger partial charge in [0.25, 0.3) is 11.1 Å². The number of ether oxygens (including phenoxy) is 1. The molecule has 0 aliphatic carbocycles. The lowest BCUT2D eigenvalue weighted by Gasteiger charge is -2.13. The first kappa shape index (κ1) is 21.6. The SMILES string of the molecule is CCOc1c(I)cc(/C=C2\SC(=O)N(Cc3ccc4ccccc4c3)C2=O)cc1I. The van der Waals surface area contributed by atoms with Crippen molar-refractivity contribution in [3.8, 4) is 5.75 Å². The van der Waals surface area contributed by atoms with E-state index in [2.05, 4.69) is 45.2 Å². The van der Waals surface area contributed by atoms with Gasteiger partial charge in [-0.25, -0.2) is 0 Å². The van der Waals surface area contributed by atoms with Crippen LogP contribution in [0.15, 0.2) is 59.5 Å². The van der Waals surface area contributed by atoms with Crippen LogP contribution in [0.25, 0.3) is 16.8 Å². The summed E-state index contributed by atoms with van der Waals surface area (Å²) in [6, 6.07) is 18.0. The molecule has 4 rings (SSSR count). The fraction of sp³-hybridized carbons (Fsp3) is 0.130. The molecule has 1 fully saturated rings. The molecule has 2 amide bonds. The smallest absolute Gasteiger partial charge is 0.293 e. The second-order valence-electron chi connectivity index (χ2n) is 6.70. The Bertz CT molecular complexity index is 1170. The fourth-order valence-electron chi connectivity index (χ4n) is 3.25. The number of halogens is 2. The van der Waals surface area contributed by atoms with Gasteiger partial charge in [-0.2, -0.15) is 0 Å². The summed E-state index contributed by atoms with van der Waals surface area (Å²) in [5.41, 5.74) is 1.81. The predicted octanol–water partition coefficient (Wildman–Crippen LogP) is 6.68. The van der Waals surface area contributed by atoms with E-state index < -0.39 is 0 Å². The highest BCUT2D eigenvalue weighted by Crippen LogP contribution is 2.35. The standard InChI is InChI=1S/C23H17I2NO3S/c1-2-29-21-18(24)10-15(11-19(21)25)12-20-22(27)26(23(28)30-20)13-14-7-8-16-5-3-4-6-17(16)9-14/h3-12H,2,13H2,1H3/b20-12-. The number of rotatable bonds is 5. The van der Waals surface area contributed by atoms with Gasteiger partial charge < -0.3 is 4.74 Å². The highest BCUT2D eigenvalue weighted by Gasteiger charge is 2.35. The van der Waals surface area contributed by atoms with E-state index in [1.807, 2.05) is 61.5 Å².